The van der Waals surface area contributed by atoms with Crippen molar-refractivity contribution in [3.63, 3.8) is 0 Å². The fourth-order valence-corrected chi connectivity index (χ4v) is 2.31. The Balaban J connectivity index is 2.43. The summed E-state index contributed by atoms with van der Waals surface area (Å²) in [5, 5.41) is 11.7. The summed E-state index contributed by atoms with van der Waals surface area (Å²) < 4.78 is 39.0. The second-order valence-electron chi connectivity index (χ2n) is 4.01. The number of benzene rings is 1. The van der Waals surface area contributed by atoms with Crippen LogP contribution in [0.2, 0.25) is 5.02 Å². The van der Waals surface area contributed by atoms with Crippen LogP contribution in [0, 0.1) is 0 Å². The predicted octanol–water partition coefficient (Wildman–Crippen LogP) is 4.35. The van der Waals surface area contributed by atoms with Gasteiger partial charge in [-0.2, -0.15) is 13.2 Å². The molecule has 5 nitrogen and oxygen atoms in total. The van der Waals surface area contributed by atoms with Gasteiger partial charge in [0.1, 0.15) is 5.56 Å². The molecule has 0 aliphatic rings. The quantitative estimate of drug-likeness (QED) is 0.807. The van der Waals surface area contributed by atoms with Gasteiger partial charge in [0, 0.05) is 15.7 Å². The van der Waals surface area contributed by atoms with Crippen molar-refractivity contribution < 1.29 is 23.1 Å². The van der Waals surface area contributed by atoms with Crippen LogP contribution >= 0.6 is 27.5 Å². The Bertz CT molecular complexity index is 740. The smallest absolute Gasteiger partial charge is 0.434 e. The van der Waals surface area contributed by atoms with Gasteiger partial charge < -0.3 is 10.4 Å². The van der Waals surface area contributed by atoms with E-state index in [1.165, 1.54) is 18.2 Å². The largest absolute Gasteiger partial charge is 0.478 e. The number of aromatic nitrogens is 2. The number of anilines is 2. The number of nitrogens with zero attached hydrogens (tertiary/aromatic N) is 2. The summed E-state index contributed by atoms with van der Waals surface area (Å²) >= 11 is 8.94. The average molecular weight is 397 g/mol. The van der Waals surface area contributed by atoms with E-state index in [9.17, 15) is 18.0 Å². The van der Waals surface area contributed by atoms with E-state index in [1.54, 1.807) is 0 Å². The van der Waals surface area contributed by atoms with Crippen molar-refractivity contribution in [2.75, 3.05) is 5.32 Å². The molecular weight excluding hydrogens is 391 g/mol. The molecule has 0 saturated carbocycles. The molecule has 0 saturated heterocycles. The molecule has 0 bridgehead atoms. The topological polar surface area (TPSA) is 75.1 Å². The predicted molar refractivity (Wildman–Crippen MR) is 76.4 cm³/mol. The molecule has 1 aromatic carbocycles. The Hall–Kier alpha value is -1.87. The van der Waals surface area contributed by atoms with E-state index in [2.05, 4.69) is 31.2 Å². The summed E-state index contributed by atoms with van der Waals surface area (Å²) in [7, 11) is 0. The molecule has 1 aromatic heterocycles. The van der Waals surface area contributed by atoms with Gasteiger partial charge in [-0.25, -0.2) is 14.8 Å². The minimum Gasteiger partial charge on any atom is -0.478 e. The lowest BCUT2D eigenvalue weighted by Gasteiger charge is -2.12. The standard InChI is InChI=1S/C12H6BrClF3N3O2/c13-7-3-5(14)1-2-8(7)19-11-18-4-6(10(21)22)9(20-11)12(15,16)17/h1-4H,(H,21,22)(H,18,19,20). The third kappa shape index (κ3) is 3.66. The van der Waals surface area contributed by atoms with Gasteiger partial charge in [0.15, 0.2) is 5.69 Å². The highest BCUT2D eigenvalue weighted by Gasteiger charge is 2.38. The van der Waals surface area contributed by atoms with Crippen molar-refractivity contribution in [2.24, 2.45) is 0 Å². The van der Waals surface area contributed by atoms with E-state index in [0.29, 0.717) is 21.4 Å². The van der Waals surface area contributed by atoms with E-state index >= 15 is 0 Å². The van der Waals surface area contributed by atoms with Gasteiger partial charge in [0.05, 0.1) is 5.69 Å². The molecule has 0 spiro atoms. The fraction of sp³-hybridized carbons (Fsp3) is 0.0833. The highest BCUT2D eigenvalue weighted by molar-refractivity contribution is 9.10. The number of hydrogen-bond donors (Lipinski definition) is 2. The van der Waals surface area contributed by atoms with Crippen LogP contribution in [0.1, 0.15) is 16.1 Å². The molecule has 0 aliphatic carbocycles. The van der Waals surface area contributed by atoms with Crippen LogP contribution in [0.15, 0.2) is 28.9 Å². The zero-order valence-electron chi connectivity index (χ0n) is 10.4. The molecule has 116 valence electrons. The Morgan fingerprint density at radius 2 is 2.05 bits per heavy atom. The SMILES string of the molecule is O=C(O)c1cnc(Nc2ccc(Cl)cc2Br)nc1C(F)(F)F. The zero-order chi connectivity index (χ0) is 16.5. The third-order valence-electron chi connectivity index (χ3n) is 2.47. The van der Waals surface area contributed by atoms with Crippen molar-refractivity contribution in [1.82, 2.24) is 9.97 Å². The lowest BCUT2D eigenvalue weighted by atomic mass is 10.2. The summed E-state index contributed by atoms with van der Waals surface area (Å²) in [6, 6.07) is 4.55. The molecule has 0 aliphatic heterocycles. The molecule has 0 atom stereocenters. The maximum Gasteiger partial charge on any atom is 0.434 e. The zero-order valence-corrected chi connectivity index (χ0v) is 12.8. The number of nitrogens with one attached hydrogen (secondary N) is 1. The first-order valence-corrected chi connectivity index (χ1v) is 6.75. The van der Waals surface area contributed by atoms with Crippen LogP contribution < -0.4 is 5.32 Å². The summed E-state index contributed by atoms with van der Waals surface area (Å²) in [6.45, 7) is 0. The van der Waals surface area contributed by atoms with Crippen LogP contribution in [0.5, 0.6) is 0 Å². The number of rotatable bonds is 3. The molecule has 2 rings (SSSR count). The maximum absolute atomic E-state index is 12.9. The highest BCUT2D eigenvalue weighted by Crippen LogP contribution is 2.32. The van der Waals surface area contributed by atoms with E-state index in [1.807, 2.05) is 0 Å². The van der Waals surface area contributed by atoms with E-state index in [0.717, 1.165) is 0 Å². The maximum atomic E-state index is 12.9. The number of hydrogen-bond acceptors (Lipinski definition) is 4. The number of carboxylic acids is 1. The van der Waals surface area contributed by atoms with Crippen molar-refractivity contribution >= 4 is 45.1 Å². The molecule has 2 aromatic rings. The number of halogens is 5. The third-order valence-corrected chi connectivity index (χ3v) is 3.36. The molecule has 0 unspecified atom stereocenters. The summed E-state index contributed by atoms with van der Waals surface area (Å²) in [5.74, 6) is -2.15. The molecule has 10 heteroatoms. The Labute approximate surface area is 135 Å². The van der Waals surface area contributed by atoms with Crippen LogP contribution in [0.4, 0.5) is 24.8 Å². The number of alkyl halides is 3. The Kier molecular flexibility index (Phi) is 4.57. The lowest BCUT2D eigenvalue weighted by Crippen LogP contribution is -2.17. The second-order valence-corrected chi connectivity index (χ2v) is 5.30. The Morgan fingerprint density at radius 3 is 2.59 bits per heavy atom. The fourth-order valence-electron chi connectivity index (χ4n) is 1.53. The number of aromatic carboxylic acids is 1. The average Bonchev–Trinajstić information content (AvgIpc) is 2.40. The molecule has 0 radical (unpaired) electrons. The second kappa shape index (κ2) is 6.09. The first-order valence-electron chi connectivity index (χ1n) is 5.58. The van der Waals surface area contributed by atoms with Gasteiger partial charge in [-0.05, 0) is 34.1 Å². The van der Waals surface area contributed by atoms with Crippen LogP contribution in [-0.4, -0.2) is 21.0 Å². The van der Waals surface area contributed by atoms with Crippen LogP contribution in [0.3, 0.4) is 0 Å². The molecule has 0 fully saturated rings. The van der Waals surface area contributed by atoms with E-state index < -0.39 is 23.4 Å². The Morgan fingerprint density at radius 1 is 1.36 bits per heavy atom. The monoisotopic (exact) mass is 395 g/mol. The first-order chi connectivity index (χ1) is 10.2. The van der Waals surface area contributed by atoms with Gasteiger partial charge >= 0.3 is 12.1 Å². The van der Waals surface area contributed by atoms with Gasteiger partial charge in [-0.15, -0.1) is 0 Å². The number of carbonyl (C=O) groups is 1. The van der Waals surface area contributed by atoms with Gasteiger partial charge in [-0.3, -0.25) is 0 Å². The molecule has 0 amide bonds. The van der Waals surface area contributed by atoms with Crippen LogP contribution in [-0.2, 0) is 6.18 Å². The van der Waals surface area contributed by atoms with Crippen molar-refractivity contribution in [3.8, 4) is 0 Å². The summed E-state index contributed by atoms with van der Waals surface area (Å²) in [5.41, 5.74) is -2.17. The molecule has 22 heavy (non-hydrogen) atoms. The normalized spacial score (nSPS) is 11.3. The van der Waals surface area contributed by atoms with Crippen molar-refractivity contribution in [2.45, 2.75) is 6.18 Å². The summed E-state index contributed by atoms with van der Waals surface area (Å²) in [4.78, 5) is 17.6. The van der Waals surface area contributed by atoms with Gasteiger partial charge in [0.25, 0.3) is 0 Å². The molecular formula is C12H6BrClF3N3O2. The number of carboxylic acid groups (broad SMARTS) is 1. The molecule has 1 heterocycles. The van der Waals surface area contributed by atoms with Crippen molar-refractivity contribution in [1.29, 1.82) is 0 Å². The van der Waals surface area contributed by atoms with E-state index in [4.69, 9.17) is 16.7 Å². The van der Waals surface area contributed by atoms with Crippen molar-refractivity contribution in [3.05, 3.63) is 45.1 Å². The first kappa shape index (κ1) is 16.5. The highest BCUT2D eigenvalue weighted by atomic mass is 79.9. The van der Waals surface area contributed by atoms with E-state index in [-0.39, 0.29) is 5.95 Å². The molecule has 2 N–H and O–H groups in total. The summed E-state index contributed by atoms with van der Waals surface area (Å²) in [6.07, 6.45) is -4.31. The minimum absolute atomic E-state index is 0.376. The van der Waals surface area contributed by atoms with Gasteiger partial charge in [-0.1, -0.05) is 11.6 Å². The van der Waals surface area contributed by atoms with Gasteiger partial charge in [0.2, 0.25) is 5.95 Å². The lowest BCUT2D eigenvalue weighted by molar-refractivity contribution is -0.141. The van der Waals surface area contributed by atoms with Crippen LogP contribution in [0.25, 0.3) is 0 Å². The minimum atomic E-state index is -4.91.